The summed E-state index contributed by atoms with van der Waals surface area (Å²) in [7, 11) is 0. The molecule has 4 aliphatic carbocycles. The van der Waals surface area contributed by atoms with Gasteiger partial charge in [0.15, 0.2) is 5.70 Å². The maximum atomic E-state index is 12.1. The van der Waals surface area contributed by atoms with Crippen LogP contribution in [0.25, 0.3) is 0 Å². The van der Waals surface area contributed by atoms with Gasteiger partial charge in [-0.05, 0) is 84.3 Å². The Hall–Kier alpha value is -1.49. The second-order valence-electron chi connectivity index (χ2n) is 8.42. The van der Waals surface area contributed by atoms with E-state index >= 15 is 0 Å². The Kier molecular flexibility index (Phi) is 3.46. The maximum absolute atomic E-state index is 12.1. The zero-order valence-electron chi connectivity index (χ0n) is 14.2. The highest BCUT2D eigenvalue weighted by molar-refractivity contribution is 9.11. The third kappa shape index (κ3) is 2.35. The van der Waals surface area contributed by atoms with Gasteiger partial charge < -0.3 is 14.9 Å². The van der Waals surface area contributed by atoms with Crippen LogP contribution in [-0.2, 0) is 4.79 Å². The fraction of sp³-hybridized carbons (Fsp3) is 0.550. The van der Waals surface area contributed by atoms with Gasteiger partial charge in [-0.25, -0.2) is 4.79 Å². The van der Waals surface area contributed by atoms with Gasteiger partial charge in [-0.3, -0.25) is 0 Å². The summed E-state index contributed by atoms with van der Waals surface area (Å²) in [5.74, 6) is 1.57. The van der Waals surface area contributed by atoms with Crippen molar-refractivity contribution >= 4 is 27.6 Å². The Bertz CT molecular complexity index is 710. The topological polar surface area (TPSA) is 43.8 Å². The second kappa shape index (κ2) is 5.50. The van der Waals surface area contributed by atoms with E-state index in [1.807, 2.05) is 30.3 Å². The summed E-state index contributed by atoms with van der Waals surface area (Å²) in [6.45, 7) is 0.637. The zero-order chi connectivity index (χ0) is 17.2. The Labute approximate surface area is 156 Å². The van der Waals surface area contributed by atoms with Gasteiger partial charge in [0.2, 0.25) is 0 Å². The van der Waals surface area contributed by atoms with Crippen molar-refractivity contribution < 1.29 is 9.90 Å². The molecule has 0 atom stereocenters. The van der Waals surface area contributed by atoms with E-state index in [-0.39, 0.29) is 5.54 Å². The molecule has 4 saturated carbocycles. The number of carbonyl (C=O) groups is 1. The Balaban J connectivity index is 1.54. The summed E-state index contributed by atoms with van der Waals surface area (Å²) in [5.41, 5.74) is 1.54. The molecular formula is C20H23BrN2O2. The maximum Gasteiger partial charge on any atom is 0.355 e. The van der Waals surface area contributed by atoms with Crippen LogP contribution in [0.4, 0.5) is 5.69 Å². The molecule has 4 bridgehead atoms. The number of rotatable bonds is 3. The summed E-state index contributed by atoms with van der Waals surface area (Å²) in [4.78, 5) is 16.5. The van der Waals surface area contributed by atoms with E-state index < -0.39 is 5.97 Å². The minimum absolute atomic E-state index is 0.0467. The van der Waals surface area contributed by atoms with E-state index in [1.54, 1.807) is 0 Å². The Morgan fingerprint density at radius 2 is 1.60 bits per heavy atom. The fourth-order valence-electron chi connectivity index (χ4n) is 6.30. The molecule has 1 aromatic carbocycles. The molecule has 4 fully saturated rings. The highest BCUT2D eigenvalue weighted by Gasteiger charge is 2.56. The highest BCUT2D eigenvalue weighted by atomic mass is 79.9. The van der Waals surface area contributed by atoms with Crippen molar-refractivity contribution in [1.29, 1.82) is 0 Å². The molecule has 0 unspecified atom stereocenters. The Morgan fingerprint density at radius 3 is 2.12 bits per heavy atom. The van der Waals surface area contributed by atoms with Crippen LogP contribution in [0.2, 0.25) is 0 Å². The predicted octanol–water partition coefficient (Wildman–Crippen LogP) is 4.38. The van der Waals surface area contributed by atoms with Crippen molar-refractivity contribution in [3.05, 3.63) is 40.6 Å². The molecule has 1 aliphatic heterocycles. The first-order valence-corrected chi connectivity index (χ1v) is 10.1. The molecule has 1 heterocycles. The number of para-hydroxylation sites is 1. The van der Waals surface area contributed by atoms with E-state index in [9.17, 15) is 9.90 Å². The summed E-state index contributed by atoms with van der Waals surface area (Å²) >= 11 is 3.61. The van der Waals surface area contributed by atoms with Gasteiger partial charge >= 0.3 is 5.97 Å². The molecule has 25 heavy (non-hydrogen) atoms. The van der Waals surface area contributed by atoms with Crippen LogP contribution in [-0.4, -0.2) is 28.2 Å². The molecule has 1 aromatic rings. The lowest BCUT2D eigenvalue weighted by molar-refractivity contribution is -0.138. The van der Waals surface area contributed by atoms with Crippen LogP contribution in [0.3, 0.4) is 0 Å². The third-order valence-corrected chi connectivity index (χ3v) is 7.64. The number of hydrogen-bond donors (Lipinski definition) is 1. The largest absolute Gasteiger partial charge is 0.476 e. The lowest BCUT2D eigenvalue weighted by Gasteiger charge is -2.60. The standard InChI is InChI=1S/C20H23BrN2O2/c21-18-17(19(24)25)23(12-22(18)16-4-2-1-3-5-16)20-9-13-6-14(10-20)8-15(7-13)11-20/h1-5,13-15H,6-12H2,(H,24,25). The van der Waals surface area contributed by atoms with Crippen molar-refractivity contribution in [2.24, 2.45) is 17.8 Å². The number of anilines is 1. The van der Waals surface area contributed by atoms with Gasteiger partial charge in [-0.2, -0.15) is 0 Å². The predicted molar refractivity (Wildman–Crippen MR) is 100 cm³/mol. The fourth-order valence-corrected chi connectivity index (χ4v) is 7.00. The van der Waals surface area contributed by atoms with Crippen LogP contribution < -0.4 is 4.90 Å². The van der Waals surface area contributed by atoms with Crippen LogP contribution in [0, 0.1) is 17.8 Å². The van der Waals surface area contributed by atoms with Gasteiger partial charge in [0.05, 0.1) is 6.67 Å². The van der Waals surface area contributed by atoms with E-state index in [4.69, 9.17) is 0 Å². The molecule has 132 valence electrons. The van der Waals surface area contributed by atoms with Crippen molar-refractivity contribution in [3.8, 4) is 0 Å². The van der Waals surface area contributed by atoms with Crippen LogP contribution in [0.15, 0.2) is 40.6 Å². The highest BCUT2D eigenvalue weighted by Crippen LogP contribution is 2.59. The molecule has 0 radical (unpaired) electrons. The van der Waals surface area contributed by atoms with Crippen LogP contribution in [0.1, 0.15) is 38.5 Å². The number of carboxylic acids is 1. The minimum Gasteiger partial charge on any atom is -0.476 e. The van der Waals surface area contributed by atoms with E-state index in [0.29, 0.717) is 17.0 Å². The van der Waals surface area contributed by atoms with Crippen LogP contribution in [0.5, 0.6) is 0 Å². The number of nitrogens with zero attached hydrogens (tertiary/aromatic N) is 2. The monoisotopic (exact) mass is 402 g/mol. The van der Waals surface area contributed by atoms with E-state index in [1.165, 1.54) is 38.5 Å². The van der Waals surface area contributed by atoms with Crippen molar-refractivity contribution in [1.82, 2.24) is 4.90 Å². The lowest BCUT2D eigenvalue weighted by atomic mass is 9.52. The summed E-state index contributed by atoms with van der Waals surface area (Å²) in [6.07, 6.45) is 7.59. The lowest BCUT2D eigenvalue weighted by Crippen LogP contribution is -2.60. The summed E-state index contributed by atoms with van der Waals surface area (Å²) < 4.78 is 0.696. The van der Waals surface area contributed by atoms with Gasteiger partial charge in [-0.15, -0.1) is 0 Å². The molecule has 6 rings (SSSR count). The second-order valence-corrected chi connectivity index (χ2v) is 9.17. The first-order valence-electron chi connectivity index (χ1n) is 9.29. The number of hydrogen-bond acceptors (Lipinski definition) is 3. The SMILES string of the molecule is O=C(O)C1=C(Br)N(c2ccccc2)CN1C12CC3CC(CC(C3)C1)C2. The van der Waals surface area contributed by atoms with Gasteiger partial charge in [0, 0.05) is 11.2 Å². The number of aliphatic carboxylic acids is 1. The summed E-state index contributed by atoms with van der Waals surface area (Å²) in [6, 6.07) is 10.1. The number of benzene rings is 1. The molecule has 0 saturated heterocycles. The van der Waals surface area contributed by atoms with Crippen molar-refractivity contribution in [2.45, 2.75) is 44.1 Å². The molecular weight excluding hydrogens is 380 g/mol. The molecule has 5 aliphatic rings. The Morgan fingerprint density at radius 1 is 1.04 bits per heavy atom. The van der Waals surface area contributed by atoms with Crippen molar-refractivity contribution in [2.75, 3.05) is 11.6 Å². The molecule has 4 nitrogen and oxygen atoms in total. The van der Waals surface area contributed by atoms with Crippen molar-refractivity contribution in [3.63, 3.8) is 0 Å². The van der Waals surface area contributed by atoms with Gasteiger partial charge in [0.1, 0.15) is 4.61 Å². The zero-order valence-corrected chi connectivity index (χ0v) is 15.8. The smallest absolute Gasteiger partial charge is 0.355 e. The van der Waals surface area contributed by atoms with E-state index in [2.05, 4.69) is 25.7 Å². The summed E-state index contributed by atoms with van der Waals surface area (Å²) in [5, 5.41) is 9.96. The molecule has 5 heteroatoms. The quantitative estimate of drug-likeness (QED) is 0.761. The first-order chi connectivity index (χ1) is 12.1. The van der Waals surface area contributed by atoms with Crippen LogP contribution >= 0.6 is 15.9 Å². The number of halogens is 1. The number of carboxylic acid groups (broad SMARTS) is 1. The van der Waals surface area contributed by atoms with Gasteiger partial charge in [-0.1, -0.05) is 18.2 Å². The average Bonchev–Trinajstić information content (AvgIpc) is 2.93. The molecule has 0 aromatic heterocycles. The third-order valence-electron chi connectivity index (χ3n) is 6.83. The molecule has 1 N–H and O–H groups in total. The molecule has 0 spiro atoms. The normalized spacial score (nSPS) is 36.4. The first kappa shape index (κ1) is 15.7. The average molecular weight is 403 g/mol. The van der Waals surface area contributed by atoms with E-state index in [0.717, 1.165) is 23.4 Å². The van der Waals surface area contributed by atoms with Gasteiger partial charge in [0.25, 0.3) is 0 Å². The minimum atomic E-state index is -0.818. The molecule has 0 amide bonds.